The summed E-state index contributed by atoms with van der Waals surface area (Å²) in [7, 11) is 0. The molecule has 0 aliphatic rings. The number of ketones is 2. The first kappa shape index (κ1) is 27.8. The summed E-state index contributed by atoms with van der Waals surface area (Å²) >= 11 is 0. The van der Waals surface area contributed by atoms with Gasteiger partial charge in [-0.2, -0.15) is 0 Å². The van der Waals surface area contributed by atoms with E-state index in [1.54, 1.807) is 0 Å². The molecule has 0 fully saturated rings. The first-order valence-electron chi connectivity index (χ1n) is 13.5. The molecule has 3 nitrogen and oxygen atoms in total. The van der Waals surface area contributed by atoms with Crippen LogP contribution >= 0.6 is 0 Å². The van der Waals surface area contributed by atoms with Crippen LogP contribution in [0.15, 0.2) is 48.5 Å². The van der Waals surface area contributed by atoms with Crippen LogP contribution in [0.5, 0.6) is 5.75 Å². The fraction of sp³-hybridized carbons (Fsp3) is 0.548. The first-order valence-corrected chi connectivity index (χ1v) is 13.5. The summed E-state index contributed by atoms with van der Waals surface area (Å²) in [5.74, 6) is 0.838. The number of rotatable bonds is 19. The van der Waals surface area contributed by atoms with Crippen LogP contribution in [0.25, 0.3) is 11.1 Å². The van der Waals surface area contributed by atoms with Crippen LogP contribution in [0.4, 0.5) is 0 Å². The Hall–Kier alpha value is -2.42. The zero-order valence-corrected chi connectivity index (χ0v) is 21.5. The van der Waals surface area contributed by atoms with E-state index in [0.717, 1.165) is 42.7 Å². The first-order chi connectivity index (χ1) is 16.6. The van der Waals surface area contributed by atoms with E-state index in [4.69, 9.17) is 4.74 Å². The lowest BCUT2D eigenvalue weighted by Gasteiger charge is -2.08. The van der Waals surface area contributed by atoms with Crippen LogP contribution in [0.2, 0.25) is 0 Å². The van der Waals surface area contributed by atoms with E-state index in [9.17, 15) is 9.59 Å². The topological polar surface area (TPSA) is 43.4 Å². The summed E-state index contributed by atoms with van der Waals surface area (Å²) in [5, 5.41) is 0. The predicted molar refractivity (Wildman–Crippen MR) is 143 cm³/mol. The summed E-state index contributed by atoms with van der Waals surface area (Å²) < 4.78 is 5.91. The molecular formula is C31H44O3. The molecule has 2 aromatic rings. The Balaban J connectivity index is 1.66. The predicted octanol–water partition coefficient (Wildman–Crippen LogP) is 8.99. The fourth-order valence-electron chi connectivity index (χ4n) is 4.12. The van der Waals surface area contributed by atoms with Gasteiger partial charge in [0.2, 0.25) is 0 Å². The number of hydrogen-bond acceptors (Lipinski definition) is 3. The molecule has 0 atom stereocenters. The normalized spacial score (nSPS) is 10.9. The molecule has 0 spiro atoms. The molecule has 0 amide bonds. The van der Waals surface area contributed by atoms with E-state index in [2.05, 4.69) is 19.1 Å². The van der Waals surface area contributed by atoms with Crippen LogP contribution in [-0.4, -0.2) is 18.2 Å². The maximum absolute atomic E-state index is 12.3. The standard InChI is InChI=1S/C31H44O3/c1-3-5-7-8-9-10-11-12-13-14-24-34-30-22-20-27(21-23-30)26-16-18-28(19-17-26)31(33)25-29(32)15-6-4-2/h16-23H,3-15,24-25H2,1-2H3. The van der Waals surface area contributed by atoms with E-state index in [1.807, 2.05) is 43.3 Å². The van der Waals surface area contributed by atoms with Gasteiger partial charge in [0.15, 0.2) is 5.78 Å². The summed E-state index contributed by atoms with van der Waals surface area (Å²) in [6.45, 7) is 5.08. The monoisotopic (exact) mass is 464 g/mol. The van der Waals surface area contributed by atoms with E-state index in [1.165, 1.54) is 57.8 Å². The van der Waals surface area contributed by atoms with Gasteiger partial charge in [0.05, 0.1) is 13.0 Å². The second kappa shape index (κ2) is 17.1. The van der Waals surface area contributed by atoms with Crippen LogP contribution in [0.3, 0.4) is 0 Å². The third-order valence-corrected chi connectivity index (χ3v) is 6.33. The van der Waals surface area contributed by atoms with Gasteiger partial charge in [0, 0.05) is 12.0 Å². The molecule has 2 rings (SSSR count). The van der Waals surface area contributed by atoms with Crippen molar-refractivity contribution in [2.24, 2.45) is 0 Å². The van der Waals surface area contributed by atoms with E-state index >= 15 is 0 Å². The lowest BCUT2D eigenvalue weighted by molar-refractivity contribution is -0.118. The van der Waals surface area contributed by atoms with Gasteiger partial charge >= 0.3 is 0 Å². The minimum atomic E-state index is -0.0941. The highest BCUT2D eigenvalue weighted by Gasteiger charge is 2.11. The molecule has 0 bridgehead atoms. The van der Waals surface area contributed by atoms with Gasteiger partial charge in [-0.15, -0.1) is 0 Å². The highest BCUT2D eigenvalue weighted by atomic mass is 16.5. The Morgan fingerprint density at radius 1 is 0.618 bits per heavy atom. The Kier molecular flexibility index (Phi) is 14.0. The van der Waals surface area contributed by atoms with Crippen molar-refractivity contribution in [3.8, 4) is 16.9 Å². The third kappa shape index (κ3) is 11.1. The van der Waals surface area contributed by atoms with Crippen LogP contribution in [-0.2, 0) is 4.79 Å². The summed E-state index contributed by atoms with van der Waals surface area (Å²) in [5.41, 5.74) is 2.74. The van der Waals surface area contributed by atoms with Crippen molar-refractivity contribution < 1.29 is 14.3 Å². The second-order valence-electron chi connectivity index (χ2n) is 9.37. The SMILES string of the molecule is CCCCCCCCCCCCOc1ccc(-c2ccc(C(=O)CC(=O)CCCC)cc2)cc1. The molecular weight excluding hydrogens is 420 g/mol. The number of unbranched alkanes of at least 4 members (excludes halogenated alkanes) is 10. The molecule has 3 heteroatoms. The number of Topliss-reactive ketones (excluding diaryl/α,β-unsaturated/α-hetero) is 2. The van der Waals surface area contributed by atoms with Gasteiger partial charge in [0.25, 0.3) is 0 Å². The number of carbonyl (C=O) groups excluding carboxylic acids is 2. The molecule has 0 aliphatic carbocycles. The Morgan fingerprint density at radius 2 is 1.12 bits per heavy atom. The smallest absolute Gasteiger partial charge is 0.170 e. The third-order valence-electron chi connectivity index (χ3n) is 6.33. The van der Waals surface area contributed by atoms with Crippen molar-refractivity contribution in [1.82, 2.24) is 0 Å². The second-order valence-corrected chi connectivity index (χ2v) is 9.37. The molecule has 0 aromatic heterocycles. The molecule has 0 aliphatic heterocycles. The quantitative estimate of drug-likeness (QED) is 0.118. The van der Waals surface area contributed by atoms with Crippen LogP contribution in [0, 0.1) is 0 Å². The largest absolute Gasteiger partial charge is 0.494 e. The molecule has 186 valence electrons. The van der Waals surface area contributed by atoms with Crippen LogP contribution in [0.1, 0.15) is 114 Å². The maximum Gasteiger partial charge on any atom is 0.170 e. The van der Waals surface area contributed by atoms with Crippen molar-refractivity contribution in [2.45, 2.75) is 104 Å². The lowest BCUT2D eigenvalue weighted by Crippen LogP contribution is -2.07. The van der Waals surface area contributed by atoms with Gasteiger partial charge in [0.1, 0.15) is 11.5 Å². The van der Waals surface area contributed by atoms with Crippen molar-refractivity contribution >= 4 is 11.6 Å². The van der Waals surface area contributed by atoms with Gasteiger partial charge in [-0.3, -0.25) is 9.59 Å². The highest BCUT2D eigenvalue weighted by Crippen LogP contribution is 2.23. The number of benzene rings is 2. The molecule has 0 unspecified atom stereocenters. The minimum absolute atomic E-state index is 0.00439. The molecule has 2 aromatic carbocycles. The zero-order chi connectivity index (χ0) is 24.4. The van der Waals surface area contributed by atoms with Gasteiger partial charge in [-0.25, -0.2) is 0 Å². The van der Waals surface area contributed by atoms with Crippen molar-refractivity contribution in [3.63, 3.8) is 0 Å². The Morgan fingerprint density at radius 3 is 1.68 bits per heavy atom. The molecule has 0 saturated heterocycles. The lowest BCUT2D eigenvalue weighted by atomic mass is 9.99. The Labute approximate surface area is 207 Å². The maximum atomic E-state index is 12.3. The van der Waals surface area contributed by atoms with Gasteiger partial charge in [-0.05, 0) is 36.1 Å². The summed E-state index contributed by atoms with van der Waals surface area (Å²) in [4.78, 5) is 24.2. The number of carbonyl (C=O) groups is 2. The fourth-order valence-corrected chi connectivity index (χ4v) is 4.12. The van der Waals surface area contributed by atoms with Crippen molar-refractivity contribution in [1.29, 1.82) is 0 Å². The average Bonchev–Trinajstić information content (AvgIpc) is 2.86. The summed E-state index contributed by atoms with van der Waals surface area (Å²) in [6, 6.07) is 15.7. The van der Waals surface area contributed by atoms with Crippen LogP contribution < -0.4 is 4.74 Å². The average molecular weight is 465 g/mol. The van der Waals surface area contributed by atoms with E-state index in [-0.39, 0.29) is 18.0 Å². The molecule has 34 heavy (non-hydrogen) atoms. The van der Waals surface area contributed by atoms with Gasteiger partial charge in [-0.1, -0.05) is 114 Å². The minimum Gasteiger partial charge on any atom is -0.494 e. The number of ether oxygens (including phenoxy) is 1. The van der Waals surface area contributed by atoms with Crippen molar-refractivity contribution in [2.75, 3.05) is 6.61 Å². The van der Waals surface area contributed by atoms with E-state index in [0.29, 0.717) is 12.0 Å². The Bertz CT molecular complexity index is 821. The molecule has 0 heterocycles. The highest BCUT2D eigenvalue weighted by molar-refractivity contribution is 6.08. The summed E-state index contributed by atoms with van der Waals surface area (Å²) in [6.07, 6.45) is 15.6. The zero-order valence-electron chi connectivity index (χ0n) is 21.5. The molecule has 0 N–H and O–H groups in total. The van der Waals surface area contributed by atoms with E-state index < -0.39 is 0 Å². The van der Waals surface area contributed by atoms with Crippen molar-refractivity contribution in [3.05, 3.63) is 54.1 Å². The molecule has 0 radical (unpaired) electrons. The number of hydrogen-bond donors (Lipinski definition) is 0. The van der Waals surface area contributed by atoms with Gasteiger partial charge < -0.3 is 4.74 Å². The molecule has 0 saturated carbocycles.